The summed E-state index contributed by atoms with van der Waals surface area (Å²) in [5.41, 5.74) is 1.39. The molecule has 0 spiro atoms. The Balaban J connectivity index is 2.31. The van der Waals surface area contributed by atoms with E-state index in [4.69, 9.17) is 9.79 Å². The van der Waals surface area contributed by atoms with Crippen LogP contribution in [0.1, 0.15) is 0 Å². The van der Waals surface area contributed by atoms with Crippen molar-refractivity contribution in [1.82, 2.24) is 0 Å². The third-order valence-electron chi connectivity index (χ3n) is 3.59. The van der Waals surface area contributed by atoms with E-state index in [9.17, 15) is 14.8 Å². The van der Waals surface area contributed by atoms with E-state index in [1.165, 1.54) is 6.07 Å². The molecule has 0 bridgehead atoms. The van der Waals surface area contributed by atoms with Crippen LogP contribution in [0.15, 0.2) is 66.7 Å². The van der Waals surface area contributed by atoms with E-state index in [1.54, 1.807) is 54.6 Å². The number of phosphoric acid groups is 1. The van der Waals surface area contributed by atoms with Crippen molar-refractivity contribution in [1.29, 1.82) is 0 Å². The van der Waals surface area contributed by atoms with Crippen LogP contribution in [0, 0.1) is 0 Å². The molecule has 0 heterocycles. The molecule has 0 radical (unpaired) electrons. The number of hydrogen-bond donors (Lipinski definition) is 4. The predicted octanol–water partition coefficient (Wildman–Crippen LogP) is 3.90. The summed E-state index contributed by atoms with van der Waals surface area (Å²) in [5, 5.41) is 21.1. The normalized spacial score (nSPS) is 11.3. The summed E-state index contributed by atoms with van der Waals surface area (Å²) in [7, 11) is -4.94. The highest BCUT2D eigenvalue weighted by molar-refractivity contribution is 7.46. The monoisotopic (exact) mass is 358 g/mol. The van der Waals surface area contributed by atoms with E-state index >= 15 is 0 Å². The van der Waals surface area contributed by atoms with Crippen molar-refractivity contribution in [3.63, 3.8) is 0 Å². The zero-order valence-electron chi connectivity index (χ0n) is 12.9. The fraction of sp³-hybridized carbons (Fsp3) is 0. The second-order valence-electron chi connectivity index (χ2n) is 5.31. The number of phenols is 2. The predicted molar refractivity (Wildman–Crippen MR) is 93.3 cm³/mol. The lowest BCUT2D eigenvalue weighted by Gasteiger charge is -2.18. The van der Waals surface area contributed by atoms with Crippen LogP contribution < -0.4 is 4.52 Å². The highest BCUT2D eigenvalue weighted by atomic mass is 31.2. The first-order valence-corrected chi connectivity index (χ1v) is 8.85. The van der Waals surface area contributed by atoms with Crippen molar-refractivity contribution in [2.45, 2.75) is 0 Å². The van der Waals surface area contributed by atoms with Gasteiger partial charge in [-0.05, 0) is 17.2 Å². The Morgan fingerprint density at radius 2 is 1.32 bits per heavy atom. The van der Waals surface area contributed by atoms with Crippen molar-refractivity contribution in [3.8, 4) is 39.5 Å². The molecule has 6 nitrogen and oxygen atoms in total. The summed E-state index contributed by atoms with van der Waals surface area (Å²) in [5.74, 6) is -1.21. The second kappa shape index (κ2) is 6.61. The average Bonchev–Trinajstić information content (AvgIpc) is 2.58. The molecule has 3 aromatic carbocycles. The minimum Gasteiger partial charge on any atom is -0.507 e. The minimum absolute atomic E-state index is 0.00257. The largest absolute Gasteiger partial charge is 0.524 e. The lowest BCUT2D eigenvalue weighted by molar-refractivity contribution is 0.278. The lowest BCUT2D eigenvalue weighted by atomic mass is 9.96. The standard InChI is InChI=1S/C18H15O6P/c19-15-11-14(12-7-3-1-4-8-12)17(20)16(13-9-5-2-6-10-13)18(15)24-25(21,22)23/h1-11,19-20H,(H2,21,22,23). The molecule has 0 saturated carbocycles. The van der Waals surface area contributed by atoms with Crippen molar-refractivity contribution < 1.29 is 29.1 Å². The molecule has 0 atom stereocenters. The van der Waals surface area contributed by atoms with Gasteiger partial charge in [0.25, 0.3) is 0 Å². The number of aromatic hydroxyl groups is 2. The van der Waals surface area contributed by atoms with Gasteiger partial charge in [0, 0.05) is 5.56 Å². The molecule has 0 aliphatic heterocycles. The molecule has 4 N–H and O–H groups in total. The first-order chi connectivity index (χ1) is 11.9. The molecule has 0 saturated heterocycles. The van der Waals surface area contributed by atoms with Crippen molar-refractivity contribution in [2.75, 3.05) is 0 Å². The molecule has 7 heteroatoms. The Morgan fingerprint density at radius 3 is 1.84 bits per heavy atom. The van der Waals surface area contributed by atoms with E-state index in [-0.39, 0.29) is 11.3 Å². The Kier molecular flexibility index (Phi) is 4.51. The Labute approximate surface area is 143 Å². The Bertz CT molecular complexity index is 935. The second-order valence-corrected chi connectivity index (χ2v) is 6.47. The van der Waals surface area contributed by atoms with Crippen LogP contribution in [0.2, 0.25) is 0 Å². The zero-order chi connectivity index (χ0) is 18.0. The van der Waals surface area contributed by atoms with Gasteiger partial charge in [-0.3, -0.25) is 9.79 Å². The van der Waals surface area contributed by atoms with Gasteiger partial charge in [0.1, 0.15) is 5.75 Å². The van der Waals surface area contributed by atoms with Gasteiger partial charge in [0.15, 0.2) is 11.5 Å². The zero-order valence-corrected chi connectivity index (χ0v) is 13.8. The average molecular weight is 358 g/mol. The highest BCUT2D eigenvalue weighted by Gasteiger charge is 2.26. The van der Waals surface area contributed by atoms with E-state index in [1.807, 2.05) is 6.07 Å². The highest BCUT2D eigenvalue weighted by Crippen LogP contribution is 2.53. The van der Waals surface area contributed by atoms with E-state index < -0.39 is 19.3 Å². The number of hydrogen-bond acceptors (Lipinski definition) is 4. The topological polar surface area (TPSA) is 107 Å². The number of rotatable bonds is 4. The van der Waals surface area contributed by atoms with E-state index in [0.717, 1.165) is 0 Å². The van der Waals surface area contributed by atoms with Crippen molar-refractivity contribution in [3.05, 3.63) is 66.7 Å². The lowest BCUT2D eigenvalue weighted by Crippen LogP contribution is -1.95. The van der Waals surface area contributed by atoms with Crippen LogP contribution in [-0.4, -0.2) is 20.0 Å². The first kappa shape index (κ1) is 17.0. The van der Waals surface area contributed by atoms with Gasteiger partial charge in [-0.2, -0.15) is 0 Å². The molecule has 0 amide bonds. The molecule has 0 aliphatic rings. The van der Waals surface area contributed by atoms with Crippen LogP contribution in [0.25, 0.3) is 22.3 Å². The van der Waals surface area contributed by atoms with Crippen LogP contribution in [0.5, 0.6) is 17.2 Å². The SMILES string of the molecule is O=P(O)(O)Oc1c(O)cc(-c2ccccc2)c(O)c1-c1ccccc1. The molecule has 0 aromatic heterocycles. The van der Waals surface area contributed by atoms with E-state index in [0.29, 0.717) is 16.7 Å². The van der Waals surface area contributed by atoms with Crippen LogP contribution in [-0.2, 0) is 4.57 Å². The summed E-state index contributed by atoms with van der Waals surface area (Å²) in [6.07, 6.45) is 0. The molecular weight excluding hydrogens is 343 g/mol. The summed E-state index contributed by atoms with van der Waals surface area (Å²) in [6, 6.07) is 18.5. The Morgan fingerprint density at radius 1 is 0.800 bits per heavy atom. The smallest absolute Gasteiger partial charge is 0.507 e. The first-order valence-electron chi connectivity index (χ1n) is 7.32. The molecule has 128 valence electrons. The maximum Gasteiger partial charge on any atom is 0.524 e. The summed E-state index contributed by atoms with van der Waals surface area (Å²) < 4.78 is 15.9. The minimum atomic E-state index is -4.94. The molecule has 25 heavy (non-hydrogen) atoms. The molecule has 0 fully saturated rings. The Hall–Kier alpha value is -2.79. The number of phosphoric ester groups is 1. The molecular formula is C18H15O6P. The number of benzene rings is 3. The van der Waals surface area contributed by atoms with Gasteiger partial charge in [-0.25, -0.2) is 4.57 Å². The fourth-order valence-electron chi connectivity index (χ4n) is 2.56. The van der Waals surface area contributed by atoms with Gasteiger partial charge in [-0.15, -0.1) is 0 Å². The quantitative estimate of drug-likeness (QED) is 0.416. The third kappa shape index (κ3) is 3.67. The van der Waals surface area contributed by atoms with Crippen molar-refractivity contribution >= 4 is 7.82 Å². The maximum atomic E-state index is 11.3. The summed E-state index contributed by atoms with van der Waals surface area (Å²) in [4.78, 5) is 18.3. The van der Waals surface area contributed by atoms with Gasteiger partial charge < -0.3 is 14.7 Å². The van der Waals surface area contributed by atoms with Crippen LogP contribution in [0.4, 0.5) is 0 Å². The molecule has 3 aromatic rings. The number of phenolic OH excluding ortho intramolecular Hbond substituents is 2. The summed E-state index contributed by atoms with van der Waals surface area (Å²) in [6.45, 7) is 0. The summed E-state index contributed by atoms with van der Waals surface area (Å²) >= 11 is 0. The molecule has 0 unspecified atom stereocenters. The fourth-order valence-corrected chi connectivity index (χ4v) is 2.99. The molecule has 0 aliphatic carbocycles. The third-order valence-corrected chi connectivity index (χ3v) is 4.01. The van der Waals surface area contributed by atoms with Crippen molar-refractivity contribution in [2.24, 2.45) is 0 Å². The van der Waals surface area contributed by atoms with Gasteiger partial charge in [-0.1, -0.05) is 60.7 Å². The molecule has 3 rings (SSSR count). The van der Waals surface area contributed by atoms with Gasteiger partial charge >= 0.3 is 7.82 Å². The van der Waals surface area contributed by atoms with Gasteiger partial charge in [0.2, 0.25) is 0 Å². The maximum absolute atomic E-state index is 11.3. The van der Waals surface area contributed by atoms with Crippen LogP contribution in [0.3, 0.4) is 0 Å². The van der Waals surface area contributed by atoms with Crippen LogP contribution >= 0.6 is 7.82 Å². The van der Waals surface area contributed by atoms with E-state index in [2.05, 4.69) is 4.52 Å². The van der Waals surface area contributed by atoms with Gasteiger partial charge in [0.05, 0.1) is 5.56 Å².